The molecular weight excluding hydrogens is 342 g/mol. The Morgan fingerprint density at radius 2 is 1.94 bits per heavy atom. The van der Waals surface area contributed by atoms with Gasteiger partial charge in [0.2, 0.25) is 0 Å². The Hall–Kier alpha value is -0.770. The van der Waals surface area contributed by atoms with Gasteiger partial charge in [0.1, 0.15) is 17.3 Å². The van der Waals surface area contributed by atoms with Crippen molar-refractivity contribution in [2.24, 2.45) is 0 Å². The zero-order chi connectivity index (χ0) is 13.1. The molecule has 0 N–H and O–H groups in total. The summed E-state index contributed by atoms with van der Waals surface area (Å²) >= 11 is 14.8. The van der Waals surface area contributed by atoms with Crippen molar-refractivity contribution in [3.63, 3.8) is 0 Å². The lowest BCUT2D eigenvalue weighted by atomic mass is 10.2. The van der Waals surface area contributed by atoms with Crippen molar-refractivity contribution in [2.75, 3.05) is 0 Å². The molecule has 0 aliphatic rings. The fourth-order valence-corrected chi connectivity index (χ4v) is 2.07. The van der Waals surface area contributed by atoms with E-state index in [2.05, 4.69) is 15.9 Å². The third-order valence-electron chi connectivity index (χ3n) is 2.29. The van der Waals surface area contributed by atoms with E-state index in [1.807, 2.05) is 0 Å². The lowest BCUT2D eigenvalue weighted by molar-refractivity contribution is 0.472. The largest absolute Gasteiger partial charge is 0.457 e. The van der Waals surface area contributed by atoms with E-state index in [-0.39, 0.29) is 11.7 Å². The lowest BCUT2D eigenvalue weighted by Crippen LogP contribution is -1.90. The molecule has 18 heavy (non-hydrogen) atoms. The molecule has 0 fully saturated rings. The molecule has 94 valence electrons. The van der Waals surface area contributed by atoms with Gasteiger partial charge >= 0.3 is 0 Å². The van der Waals surface area contributed by atoms with Gasteiger partial charge < -0.3 is 4.74 Å². The van der Waals surface area contributed by atoms with Gasteiger partial charge in [-0.3, -0.25) is 0 Å². The van der Waals surface area contributed by atoms with E-state index in [1.54, 1.807) is 30.3 Å². The van der Waals surface area contributed by atoms with Crippen LogP contribution in [0.5, 0.6) is 11.5 Å². The molecule has 2 rings (SSSR count). The van der Waals surface area contributed by atoms with Crippen molar-refractivity contribution >= 4 is 39.1 Å². The summed E-state index contributed by atoms with van der Waals surface area (Å²) in [5.74, 6) is 0.865. The van der Waals surface area contributed by atoms with Gasteiger partial charge in [0.05, 0.1) is 10.4 Å². The molecule has 0 spiro atoms. The highest BCUT2D eigenvalue weighted by molar-refractivity contribution is 9.10. The number of rotatable bonds is 3. The molecule has 1 nitrogen and oxygen atoms in total. The second-order valence-corrected chi connectivity index (χ2v) is 5.12. The van der Waals surface area contributed by atoms with Crippen molar-refractivity contribution in [1.82, 2.24) is 0 Å². The maximum absolute atomic E-state index is 13.4. The summed E-state index contributed by atoms with van der Waals surface area (Å²) in [6, 6.07) is 9.68. The Kier molecular flexibility index (Phi) is 4.49. The molecule has 5 heteroatoms. The highest BCUT2D eigenvalue weighted by atomic mass is 79.9. The number of benzene rings is 2. The normalized spacial score (nSPS) is 10.4. The van der Waals surface area contributed by atoms with Crippen LogP contribution in [-0.2, 0) is 5.88 Å². The average molecular weight is 350 g/mol. The standard InChI is InChI=1S/C13H8BrCl2FO/c14-11-3-2-10(6-12(11)17)18-13-4-1-9(16)5-8(13)7-15/h1-6H,7H2. The molecule has 0 aliphatic carbocycles. The number of hydrogen-bond acceptors (Lipinski definition) is 1. The Labute approximate surface area is 123 Å². The minimum absolute atomic E-state index is 0.273. The van der Waals surface area contributed by atoms with E-state index >= 15 is 0 Å². The minimum Gasteiger partial charge on any atom is -0.457 e. The molecule has 2 aromatic carbocycles. The molecule has 0 aliphatic heterocycles. The van der Waals surface area contributed by atoms with Crippen LogP contribution >= 0.6 is 39.1 Å². The van der Waals surface area contributed by atoms with Gasteiger partial charge in [0.15, 0.2) is 0 Å². The molecule has 2 aromatic rings. The Bertz CT molecular complexity index is 575. The summed E-state index contributed by atoms with van der Waals surface area (Å²) in [6.07, 6.45) is 0. The molecule has 0 unspecified atom stereocenters. The second-order valence-electron chi connectivity index (χ2n) is 3.56. The lowest BCUT2D eigenvalue weighted by Gasteiger charge is -2.10. The van der Waals surface area contributed by atoms with E-state index in [1.165, 1.54) is 6.07 Å². The molecule has 0 amide bonds. The topological polar surface area (TPSA) is 9.23 Å². The van der Waals surface area contributed by atoms with Crippen molar-refractivity contribution in [2.45, 2.75) is 5.88 Å². The first-order valence-corrected chi connectivity index (χ1v) is 6.78. The minimum atomic E-state index is -0.381. The van der Waals surface area contributed by atoms with E-state index in [9.17, 15) is 4.39 Å². The Morgan fingerprint density at radius 1 is 1.17 bits per heavy atom. The van der Waals surface area contributed by atoms with Gasteiger partial charge in [-0.05, 0) is 46.3 Å². The zero-order valence-corrected chi connectivity index (χ0v) is 12.2. The molecule has 0 heterocycles. The van der Waals surface area contributed by atoms with Gasteiger partial charge in [0, 0.05) is 16.7 Å². The predicted octanol–water partition coefficient (Wildman–Crippen LogP) is 5.77. The molecule has 0 saturated carbocycles. The van der Waals surface area contributed by atoms with Crippen molar-refractivity contribution in [3.8, 4) is 11.5 Å². The van der Waals surface area contributed by atoms with Crippen LogP contribution in [0.15, 0.2) is 40.9 Å². The SMILES string of the molecule is Fc1cc(Oc2ccc(Cl)cc2CCl)ccc1Br. The van der Waals surface area contributed by atoms with Crippen LogP contribution < -0.4 is 4.74 Å². The summed E-state index contributed by atoms with van der Waals surface area (Å²) in [6.45, 7) is 0. The smallest absolute Gasteiger partial charge is 0.141 e. The van der Waals surface area contributed by atoms with Crippen LogP contribution in [0.2, 0.25) is 5.02 Å². The van der Waals surface area contributed by atoms with Gasteiger partial charge in [-0.1, -0.05) is 11.6 Å². The molecule has 0 saturated heterocycles. The fraction of sp³-hybridized carbons (Fsp3) is 0.0769. The first-order chi connectivity index (χ1) is 8.60. The Morgan fingerprint density at radius 3 is 2.61 bits per heavy atom. The summed E-state index contributed by atoms with van der Waals surface area (Å²) in [7, 11) is 0. The first-order valence-electron chi connectivity index (χ1n) is 5.07. The number of alkyl halides is 1. The van der Waals surface area contributed by atoms with Gasteiger partial charge in [-0.25, -0.2) is 4.39 Å². The van der Waals surface area contributed by atoms with Crippen LogP contribution in [0.3, 0.4) is 0 Å². The number of ether oxygens (including phenoxy) is 1. The van der Waals surface area contributed by atoms with Crippen molar-refractivity contribution < 1.29 is 9.13 Å². The molecule has 0 bridgehead atoms. The third-order valence-corrected chi connectivity index (χ3v) is 3.45. The maximum Gasteiger partial charge on any atom is 0.141 e. The molecule has 0 aromatic heterocycles. The van der Waals surface area contributed by atoms with E-state index in [4.69, 9.17) is 27.9 Å². The highest BCUT2D eigenvalue weighted by Crippen LogP contribution is 2.30. The van der Waals surface area contributed by atoms with Crippen LogP contribution in [0, 0.1) is 5.82 Å². The van der Waals surface area contributed by atoms with Crippen molar-refractivity contribution in [3.05, 3.63) is 57.3 Å². The second kappa shape index (κ2) is 5.91. The monoisotopic (exact) mass is 348 g/mol. The molecule has 0 atom stereocenters. The quantitative estimate of drug-likeness (QED) is 0.639. The molecular formula is C13H8BrCl2FO. The fourth-order valence-electron chi connectivity index (χ4n) is 1.42. The maximum atomic E-state index is 13.4. The van der Waals surface area contributed by atoms with Gasteiger partial charge in [-0.15, -0.1) is 11.6 Å². The van der Waals surface area contributed by atoms with Crippen LogP contribution in [-0.4, -0.2) is 0 Å². The van der Waals surface area contributed by atoms with Crippen LogP contribution in [0.1, 0.15) is 5.56 Å². The zero-order valence-electron chi connectivity index (χ0n) is 9.09. The Balaban J connectivity index is 2.30. The number of hydrogen-bond donors (Lipinski definition) is 0. The van der Waals surface area contributed by atoms with Crippen molar-refractivity contribution in [1.29, 1.82) is 0 Å². The van der Waals surface area contributed by atoms with E-state index < -0.39 is 0 Å². The summed E-state index contributed by atoms with van der Waals surface area (Å²) < 4.78 is 19.3. The van der Waals surface area contributed by atoms with Gasteiger partial charge in [0.25, 0.3) is 0 Å². The number of halogens is 4. The summed E-state index contributed by atoms with van der Waals surface area (Å²) in [5, 5.41) is 0.583. The third kappa shape index (κ3) is 3.16. The predicted molar refractivity (Wildman–Crippen MR) is 75.2 cm³/mol. The first kappa shape index (κ1) is 13.7. The summed E-state index contributed by atoms with van der Waals surface area (Å²) in [4.78, 5) is 0. The summed E-state index contributed by atoms with van der Waals surface area (Å²) in [5.41, 5.74) is 0.757. The van der Waals surface area contributed by atoms with Gasteiger partial charge in [-0.2, -0.15) is 0 Å². The van der Waals surface area contributed by atoms with Crippen LogP contribution in [0.4, 0.5) is 4.39 Å². The van der Waals surface area contributed by atoms with E-state index in [0.29, 0.717) is 21.0 Å². The van der Waals surface area contributed by atoms with E-state index in [0.717, 1.165) is 5.56 Å². The molecule has 0 radical (unpaired) electrons. The van der Waals surface area contributed by atoms with Crippen LogP contribution in [0.25, 0.3) is 0 Å². The average Bonchev–Trinajstić information content (AvgIpc) is 2.36. The highest BCUT2D eigenvalue weighted by Gasteiger charge is 2.07.